The molecule has 0 unspecified atom stereocenters. The number of hydrogen-bond donors (Lipinski definition) is 1. The predicted molar refractivity (Wildman–Crippen MR) is 75.2 cm³/mol. The van der Waals surface area contributed by atoms with Gasteiger partial charge in [0.25, 0.3) is 0 Å². The first kappa shape index (κ1) is 12.7. The molecule has 2 nitrogen and oxygen atoms in total. The van der Waals surface area contributed by atoms with Crippen molar-refractivity contribution in [3.63, 3.8) is 0 Å². The predicted octanol–water partition coefficient (Wildman–Crippen LogP) is 3.26. The van der Waals surface area contributed by atoms with Crippen molar-refractivity contribution in [2.75, 3.05) is 24.5 Å². The summed E-state index contributed by atoms with van der Waals surface area (Å²) in [6, 6.07) is 6.95. The summed E-state index contributed by atoms with van der Waals surface area (Å²) in [4.78, 5) is 2.46. The average Bonchev–Trinajstić information content (AvgIpc) is 2.30. The third-order valence-electron chi connectivity index (χ3n) is 3.43. The van der Waals surface area contributed by atoms with Crippen molar-refractivity contribution >= 4 is 17.3 Å². The normalized spacial score (nSPS) is 21.0. The number of halogens is 1. The second-order valence-electron chi connectivity index (χ2n) is 5.11. The maximum absolute atomic E-state index is 6.24. The Morgan fingerprint density at radius 1 is 1.41 bits per heavy atom. The van der Waals surface area contributed by atoms with Crippen molar-refractivity contribution < 1.29 is 0 Å². The molecule has 1 atom stereocenters. The highest BCUT2D eigenvalue weighted by Crippen LogP contribution is 2.29. The quantitative estimate of drug-likeness (QED) is 0.869. The molecule has 1 aliphatic rings. The molecule has 2 rings (SSSR count). The summed E-state index contributed by atoms with van der Waals surface area (Å²) in [7, 11) is 0. The molecule has 0 bridgehead atoms. The van der Waals surface area contributed by atoms with Gasteiger partial charge in [0.1, 0.15) is 0 Å². The summed E-state index contributed by atoms with van der Waals surface area (Å²) in [6.45, 7) is 9.82. The minimum Gasteiger partial charge on any atom is -0.366 e. The molecule has 0 amide bonds. The number of benzene rings is 1. The van der Waals surface area contributed by atoms with Crippen molar-refractivity contribution in [2.45, 2.75) is 32.7 Å². The van der Waals surface area contributed by atoms with E-state index >= 15 is 0 Å². The van der Waals surface area contributed by atoms with Gasteiger partial charge in [-0.05, 0) is 36.6 Å². The van der Waals surface area contributed by atoms with Crippen molar-refractivity contribution in [2.24, 2.45) is 0 Å². The van der Waals surface area contributed by atoms with Crippen LogP contribution in [0.5, 0.6) is 0 Å². The van der Waals surface area contributed by atoms with Crippen LogP contribution in [0.1, 0.15) is 32.3 Å². The lowest BCUT2D eigenvalue weighted by Crippen LogP contribution is -2.49. The molecule has 0 radical (unpaired) electrons. The molecule has 17 heavy (non-hydrogen) atoms. The van der Waals surface area contributed by atoms with E-state index in [0.717, 1.165) is 24.7 Å². The lowest BCUT2D eigenvalue weighted by atomic mass is 10.0. The van der Waals surface area contributed by atoms with Crippen LogP contribution in [0.15, 0.2) is 18.2 Å². The Bertz CT molecular complexity index is 390. The summed E-state index contributed by atoms with van der Waals surface area (Å²) in [5, 5.41) is 4.30. The SMILES string of the molecule is CC(C)c1cc(N2CCNC[C@@H]2C)ccc1Cl. The van der Waals surface area contributed by atoms with Crippen molar-refractivity contribution in [3.05, 3.63) is 28.8 Å². The molecular weight excluding hydrogens is 232 g/mol. The smallest absolute Gasteiger partial charge is 0.0442 e. The molecule has 3 heteroatoms. The molecule has 1 aliphatic heterocycles. The summed E-state index contributed by atoms with van der Waals surface area (Å²) in [6.07, 6.45) is 0. The molecule has 94 valence electrons. The van der Waals surface area contributed by atoms with E-state index in [1.54, 1.807) is 0 Å². The second kappa shape index (κ2) is 5.28. The Balaban J connectivity index is 2.29. The third kappa shape index (κ3) is 2.75. The van der Waals surface area contributed by atoms with Crippen LogP contribution in [-0.4, -0.2) is 25.7 Å². The Hall–Kier alpha value is -0.730. The van der Waals surface area contributed by atoms with Gasteiger partial charge in [-0.1, -0.05) is 25.4 Å². The molecule has 0 spiro atoms. The molecule has 1 fully saturated rings. The fraction of sp³-hybridized carbons (Fsp3) is 0.571. The van der Waals surface area contributed by atoms with Gasteiger partial charge >= 0.3 is 0 Å². The Morgan fingerprint density at radius 2 is 2.18 bits per heavy atom. The Morgan fingerprint density at radius 3 is 2.82 bits per heavy atom. The van der Waals surface area contributed by atoms with E-state index in [2.05, 4.69) is 43.1 Å². The van der Waals surface area contributed by atoms with Crippen LogP contribution in [-0.2, 0) is 0 Å². The number of hydrogen-bond acceptors (Lipinski definition) is 2. The molecule has 1 heterocycles. The van der Waals surface area contributed by atoms with Gasteiger partial charge in [0.05, 0.1) is 0 Å². The van der Waals surface area contributed by atoms with Crippen molar-refractivity contribution in [3.8, 4) is 0 Å². The van der Waals surface area contributed by atoms with E-state index in [4.69, 9.17) is 11.6 Å². The standard InChI is InChI=1S/C14H21ClN2/c1-10(2)13-8-12(4-5-14(13)15)17-7-6-16-9-11(17)3/h4-5,8,10-11,16H,6-7,9H2,1-3H3/t11-/m0/s1. The van der Waals surface area contributed by atoms with Crippen molar-refractivity contribution in [1.29, 1.82) is 0 Å². The van der Waals surface area contributed by atoms with Crippen molar-refractivity contribution in [1.82, 2.24) is 5.32 Å². The largest absolute Gasteiger partial charge is 0.366 e. The highest BCUT2D eigenvalue weighted by Gasteiger charge is 2.19. The first-order valence-electron chi connectivity index (χ1n) is 6.36. The Labute approximate surface area is 109 Å². The van der Waals surface area contributed by atoms with E-state index in [0.29, 0.717) is 12.0 Å². The van der Waals surface area contributed by atoms with Gasteiger partial charge in [-0.25, -0.2) is 0 Å². The van der Waals surface area contributed by atoms with Gasteiger partial charge in [0, 0.05) is 36.4 Å². The summed E-state index contributed by atoms with van der Waals surface area (Å²) in [5.74, 6) is 0.473. The molecule has 0 aliphatic carbocycles. The van der Waals surface area contributed by atoms with Gasteiger partial charge < -0.3 is 10.2 Å². The molecule has 0 aromatic heterocycles. The van der Waals surface area contributed by atoms with Crippen LogP contribution >= 0.6 is 11.6 Å². The first-order chi connectivity index (χ1) is 8.09. The number of nitrogens with one attached hydrogen (secondary N) is 1. The van der Waals surface area contributed by atoms with Gasteiger partial charge in [0.15, 0.2) is 0 Å². The number of piperazine rings is 1. The van der Waals surface area contributed by atoms with Gasteiger partial charge in [-0.2, -0.15) is 0 Å². The highest BCUT2D eigenvalue weighted by atomic mass is 35.5. The fourth-order valence-corrected chi connectivity index (χ4v) is 2.71. The van der Waals surface area contributed by atoms with E-state index in [9.17, 15) is 0 Å². The Kier molecular flexibility index (Phi) is 3.95. The van der Waals surface area contributed by atoms with Crippen LogP contribution in [0.3, 0.4) is 0 Å². The van der Waals surface area contributed by atoms with Crippen LogP contribution < -0.4 is 10.2 Å². The first-order valence-corrected chi connectivity index (χ1v) is 6.74. The fourth-order valence-electron chi connectivity index (χ4n) is 2.38. The zero-order valence-corrected chi connectivity index (χ0v) is 11.6. The maximum Gasteiger partial charge on any atom is 0.0442 e. The summed E-state index contributed by atoms with van der Waals surface area (Å²) >= 11 is 6.24. The van der Waals surface area contributed by atoms with Crippen LogP contribution in [0.2, 0.25) is 5.02 Å². The lowest BCUT2D eigenvalue weighted by molar-refractivity contribution is 0.500. The van der Waals surface area contributed by atoms with E-state index < -0.39 is 0 Å². The number of anilines is 1. The average molecular weight is 253 g/mol. The topological polar surface area (TPSA) is 15.3 Å². The molecule has 1 N–H and O–H groups in total. The molecule has 1 aromatic rings. The molecule has 1 aromatic carbocycles. The number of rotatable bonds is 2. The summed E-state index contributed by atoms with van der Waals surface area (Å²) < 4.78 is 0. The minimum atomic E-state index is 0.473. The third-order valence-corrected chi connectivity index (χ3v) is 3.78. The van der Waals surface area contributed by atoms with Crippen LogP contribution in [0.25, 0.3) is 0 Å². The minimum absolute atomic E-state index is 0.473. The number of nitrogens with zero attached hydrogens (tertiary/aromatic N) is 1. The molecular formula is C14H21ClN2. The summed E-state index contributed by atoms with van der Waals surface area (Å²) in [5.41, 5.74) is 2.54. The zero-order chi connectivity index (χ0) is 12.4. The monoisotopic (exact) mass is 252 g/mol. The second-order valence-corrected chi connectivity index (χ2v) is 5.51. The van der Waals surface area contributed by atoms with Crippen LogP contribution in [0, 0.1) is 0 Å². The van der Waals surface area contributed by atoms with Crippen LogP contribution in [0.4, 0.5) is 5.69 Å². The van der Waals surface area contributed by atoms with Gasteiger partial charge in [-0.15, -0.1) is 0 Å². The van der Waals surface area contributed by atoms with Gasteiger partial charge in [-0.3, -0.25) is 0 Å². The van der Waals surface area contributed by atoms with E-state index in [1.807, 2.05) is 6.07 Å². The maximum atomic E-state index is 6.24. The molecule has 1 saturated heterocycles. The highest BCUT2D eigenvalue weighted by molar-refractivity contribution is 6.31. The lowest BCUT2D eigenvalue weighted by Gasteiger charge is -2.36. The van der Waals surface area contributed by atoms with E-state index in [1.165, 1.54) is 11.3 Å². The zero-order valence-electron chi connectivity index (χ0n) is 10.8. The molecule has 0 saturated carbocycles. The van der Waals surface area contributed by atoms with E-state index in [-0.39, 0.29) is 0 Å². The van der Waals surface area contributed by atoms with Gasteiger partial charge in [0.2, 0.25) is 0 Å².